The number of nitrogens with one attached hydrogen (secondary N) is 1. The Balaban J connectivity index is 1.69. The van der Waals surface area contributed by atoms with Gasteiger partial charge in [-0.1, -0.05) is 60.7 Å². The first-order valence-electron chi connectivity index (χ1n) is 9.32. The van der Waals surface area contributed by atoms with E-state index in [1.54, 1.807) is 0 Å². The minimum absolute atomic E-state index is 0.149. The lowest BCUT2D eigenvalue weighted by molar-refractivity contribution is -0.137. The summed E-state index contributed by atoms with van der Waals surface area (Å²) in [4.78, 5) is 15.2. The lowest BCUT2D eigenvalue weighted by atomic mass is 9.91. The first kappa shape index (κ1) is 17.7. The molecule has 132 valence electrons. The second-order valence-corrected chi connectivity index (χ2v) is 7.06. The molecule has 2 atom stereocenters. The summed E-state index contributed by atoms with van der Waals surface area (Å²) in [5.74, 6) is 0.462. The van der Waals surface area contributed by atoms with Crippen LogP contribution in [-0.4, -0.2) is 29.9 Å². The van der Waals surface area contributed by atoms with E-state index in [9.17, 15) is 4.79 Å². The van der Waals surface area contributed by atoms with Crippen molar-refractivity contribution in [3.63, 3.8) is 0 Å². The van der Waals surface area contributed by atoms with Gasteiger partial charge in [0, 0.05) is 25.0 Å². The van der Waals surface area contributed by atoms with Crippen molar-refractivity contribution in [1.29, 1.82) is 0 Å². The Kier molecular flexibility index (Phi) is 6.24. The third kappa shape index (κ3) is 5.17. The minimum atomic E-state index is 0.149. The van der Waals surface area contributed by atoms with Crippen LogP contribution >= 0.6 is 0 Å². The van der Waals surface area contributed by atoms with E-state index in [2.05, 4.69) is 53.5 Å². The molecule has 1 saturated heterocycles. The van der Waals surface area contributed by atoms with Gasteiger partial charge < -0.3 is 10.2 Å². The van der Waals surface area contributed by atoms with Crippen LogP contribution in [0, 0.1) is 5.92 Å². The number of nitrogens with zero attached hydrogens (tertiary/aromatic N) is 1. The van der Waals surface area contributed by atoms with E-state index in [0.717, 1.165) is 32.4 Å². The predicted molar refractivity (Wildman–Crippen MR) is 102 cm³/mol. The standard InChI is InChI=1S/C22H28N2O/c1-18-16-21(12-14-23-18)22(25)24(17-20-10-6-3-7-11-20)15-13-19-8-4-2-5-9-19/h2-11,18,21,23H,12-17H2,1H3/t18-,21-/m0/s1. The molecule has 1 aliphatic rings. The summed E-state index contributed by atoms with van der Waals surface area (Å²) in [6.07, 6.45) is 2.79. The number of hydrogen-bond donors (Lipinski definition) is 1. The van der Waals surface area contributed by atoms with Crippen LogP contribution in [-0.2, 0) is 17.8 Å². The quantitative estimate of drug-likeness (QED) is 0.873. The molecule has 1 N–H and O–H groups in total. The molecule has 3 nitrogen and oxygen atoms in total. The van der Waals surface area contributed by atoms with E-state index in [1.807, 2.05) is 24.3 Å². The van der Waals surface area contributed by atoms with Crippen LogP contribution in [0.4, 0.5) is 0 Å². The van der Waals surface area contributed by atoms with Crippen molar-refractivity contribution in [2.75, 3.05) is 13.1 Å². The summed E-state index contributed by atoms with van der Waals surface area (Å²) in [7, 11) is 0. The molecule has 0 aromatic heterocycles. The van der Waals surface area contributed by atoms with Crippen molar-refractivity contribution in [2.24, 2.45) is 5.92 Å². The maximum absolute atomic E-state index is 13.2. The van der Waals surface area contributed by atoms with E-state index in [0.29, 0.717) is 18.5 Å². The Labute approximate surface area is 151 Å². The molecule has 25 heavy (non-hydrogen) atoms. The molecule has 1 heterocycles. The van der Waals surface area contributed by atoms with Crippen LogP contribution in [0.5, 0.6) is 0 Å². The number of benzene rings is 2. The van der Waals surface area contributed by atoms with Gasteiger partial charge >= 0.3 is 0 Å². The predicted octanol–water partition coefficient (Wildman–Crippen LogP) is 3.65. The number of amides is 1. The number of rotatable bonds is 6. The Morgan fingerprint density at radius 2 is 1.68 bits per heavy atom. The molecule has 0 radical (unpaired) electrons. The fraction of sp³-hybridized carbons (Fsp3) is 0.409. The van der Waals surface area contributed by atoms with Gasteiger partial charge in [0.15, 0.2) is 0 Å². The van der Waals surface area contributed by atoms with Crippen molar-refractivity contribution >= 4 is 5.91 Å². The molecular weight excluding hydrogens is 308 g/mol. The molecule has 0 saturated carbocycles. The van der Waals surface area contributed by atoms with Gasteiger partial charge in [0.1, 0.15) is 0 Å². The molecule has 1 amide bonds. The highest BCUT2D eigenvalue weighted by Crippen LogP contribution is 2.20. The molecule has 3 rings (SSSR count). The van der Waals surface area contributed by atoms with Crippen molar-refractivity contribution in [1.82, 2.24) is 10.2 Å². The van der Waals surface area contributed by atoms with Crippen molar-refractivity contribution in [3.05, 3.63) is 71.8 Å². The number of carbonyl (C=O) groups excluding carboxylic acids is 1. The zero-order valence-electron chi connectivity index (χ0n) is 15.0. The zero-order valence-corrected chi connectivity index (χ0v) is 15.0. The summed E-state index contributed by atoms with van der Waals surface area (Å²) >= 11 is 0. The molecule has 0 bridgehead atoms. The monoisotopic (exact) mass is 336 g/mol. The second kappa shape index (κ2) is 8.82. The number of hydrogen-bond acceptors (Lipinski definition) is 2. The number of carbonyl (C=O) groups is 1. The van der Waals surface area contributed by atoms with Crippen LogP contribution in [0.2, 0.25) is 0 Å². The van der Waals surface area contributed by atoms with Gasteiger partial charge in [0.2, 0.25) is 5.91 Å². The smallest absolute Gasteiger partial charge is 0.226 e. The average molecular weight is 336 g/mol. The normalized spacial score (nSPS) is 20.2. The van der Waals surface area contributed by atoms with Crippen LogP contribution < -0.4 is 5.32 Å². The fourth-order valence-corrected chi connectivity index (χ4v) is 3.59. The summed E-state index contributed by atoms with van der Waals surface area (Å²) in [5, 5.41) is 3.44. The largest absolute Gasteiger partial charge is 0.338 e. The Morgan fingerprint density at radius 1 is 1.04 bits per heavy atom. The lowest BCUT2D eigenvalue weighted by Crippen LogP contribution is -2.44. The van der Waals surface area contributed by atoms with Gasteiger partial charge in [-0.3, -0.25) is 4.79 Å². The zero-order chi connectivity index (χ0) is 17.5. The van der Waals surface area contributed by atoms with E-state index >= 15 is 0 Å². The van der Waals surface area contributed by atoms with Gasteiger partial charge in [0.05, 0.1) is 0 Å². The van der Waals surface area contributed by atoms with Crippen molar-refractivity contribution in [2.45, 2.75) is 38.8 Å². The van der Waals surface area contributed by atoms with Crippen LogP contribution in [0.25, 0.3) is 0 Å². The van der Waals surface area contributed by atoms with Crippen molar-refractivity contribution in [3.8, 4) is 0 Å². The Morgan fingerprint density at radius 3 is 2.32 bits per heavy atom. The van der Waals surface area contributed by atoms with Crippen LogP contribution in [0.15, 0.2) is 60.7 Å². The van der Waals surface area contributed by atoms with Gasteiger partial charge in [-0.15, -0.1) is 0 Å². The third-order valence-corrected chi connectivity index (χ3v) is 5.01. The summed E-state index contributed by atoms with van der Waals surface area (Å²) in [5.41, 5.74) is 2.48. The van der Waals surface area contributed by atoms with Gasteiger partial charge in [-0.25, -0.2) is 0 Å². The van der Waals surface area contributed by atoms with Gasteiger partial charge in [-0.2, -0.15) is 0 Å². The number of piperidine rings is 1. The second-order valence-electron chi connectivity index (χ2n) is 7.06. The average Bonchev–Trinajstić information content (AvgIpc) is 2.66. The summed E-state index contributed by atoms with van der Waals surface area (Å²) in [6.45, 7) is 4.58. The molecule has 2 aromatic rings. The molecular formula is C22H28N2O. The highest BCUT2D eigenvalue weighted by molar-refractivity contribution is 5.79. The maximum atomic E-state index is 13.2. The van der Waals surface area contributed by atoms with E-state index in [-0.39, 0.29) is 5.92 Å². The molecule has 0 spiro atoms. The van der Waals surface area contributed by atoms with Crippen molar-refractivity contribution < 1.29 is 4.79 Å². The first-order chi connectivity index (χ1) is 12.2. The third-order valence-electron chi connectivity index (χ3n) is 5.01. The Hall–Kier alpha value is -2.13. The first-order valence-corrected chi connectivity index (χ1v) is 9.32. The molecule has 3 heteroatoms. The molecule has 1 fully saturated rings. The maximum Gasteiger partial charge on any atom is 0.226 e. The SMILES string of the molecule is C[C@H]1C[C@@H](C(=O)N(CCc2ccccc2)Cc2ccccc2)CCN1. The molecule has 2 aromatic carbocycles. The fourth-order valence-electron chi connectivity index (χ4n) is 3.59. The summed E-state index contributed by atoms with van der Waals surface area (Å²) in [6, 6.07) is 21.2. The minimum Gasteiger partial charge on any atom is -0.338 e. The van der Waals surface area contributed by atoms with Crippen LogP contribution in [0.3, 0.4) is 0 Å². The highest BCUT2D eigenvalue weighted by Gasteiger charge is 2.28. The highest BCUT2D eigenvalue weighted by atomic mass is 16.2. The Bertz CT molecular complexity index is 656. The summed E-state index contributed by atoms with van der Waals surface area (Å²) < 4.78 is 0. The van der Waals surface area contributed by atoms with Gasteiger partial charge in [-0.05, 0) is 43.9 Å². The van der Waals surface area contributed by atoms with Gasteiger partial charge in [0.25, 0.3) is 0 Å². The van der Waals surface area contributed by atoms with E-state index < -0.39 is 0 Å². The molecule has 0 aliphatic carbocycles. The van der Waals surface area contributed by atoms with Crippen LogP contribution in [0.1, 0.15) is 30.9 Å². The molecule has 0 unspecified atom stereocenters. The van der Waals surface area contributed by atoms with E-state index in [4.69, 9.17) is 0 Å². The lowest BCUT2D eigenvalue weighted by Gasteiger charge is -2.32. The topological polar surface area (TPSA) is 32.3 Å². The molecule has 1 aliphatic heterocycles. The van der Waals surface area contributed by atoms with E-state index in [1.165, 1.54) is 11.1 Å².